The van der Waals surface area contributed by atoms with Gasteiger partial charge in [-0.3, -0.25) is 0 Å². The third-order valence-electron chi connectivity index (χ3n) is 2.92. The molecule has 0 unspecified atom stereocenters. The van der Waals surface area contributed by atoms with E-state index >= 15 is 0 Å². The summed E-state index contributed by atoms with van der Waals surface area (Å²) in [4.78, 5) is 0. The number of nitrogens with zero attached hydrogens (tertiary/aromatic N) is 3. The van der Waals surface area contributed by atoms with Gasteiger partial charge >= 0.3 is 6.61 Å². The maximum atomic E-state index is 12.4. The molecule has 2 rings (SSSR count). The molecule has 0 saturated carbocycles. The maximum absolute atomic E-state index is 12.4. The van der Waals surface area contributed by atoms with E-state index in [0.717, 1.165) is 0 Å². The summed E-state index contributed by atoms with van der Waals surface area (Å²) in [6.45, 7) is 0.546. The van der Waals surface area contributed by atoms with Crippen molar-refractivity contribution < 1.29 is 13.5 Å². The van der Waals surface area contributed by atoms with Crippen LogP contribution in [-0.2, 0) is 0 Å². The molecule has 21 heavy (non-hydrogen) atoms. The summed E-state index contributed by atoms with van der Waals surface area (Å²) in [5.41, 5.74) is 1.91. The standard InChI is InChI=1S/C14H12F2N4O/c1-8-9(2)19-20-13(10(8)7-17)18-11-5-3-4-6-12(11)21-14(15)16/h3-6,14H,1-2H3,(H,18,20). The number of hydrogen-bond acceptors (Lipinski definition) is 5. The van der Waals surface area contributed by atoms with Crippen LogP contribution < -0.4 is 10.1 Å². The van der Waals surface area contributed by atoms with Crippen molar-refractivity contribution in [2.45, 2.75) is 20.5 Å². The van der Waals surface area contributed by atoms with Gasteiger partial charge in [0.05, 0.1) is 11.4 Å². The first-order valence-electron chi connectivity index (χ1n) is 6.07. The van der Waals surface area contributed by atoms with Gasteiger partial charge in [0.15, 0.2) is 5.82 Å². The van der Waals surface area contributed by atoms with E-state index in [0.29, 0.717) is 16.8 Å². The lowest BCUT2D eigenvalue weighted by Crippen LogP contribution is -2.07. The monoisotopic (exact) mass is 290 g/mol. The van der Waals surface area contributed by atoms with Crippen LogP contribution >= 0.6 is 0 Å². The number of aryl methyl sites for hydroxylation is 1. The Hall–Kier alpha value is -2.75. The van der Waals surface area contributed by atoms with Crippen molar-refractivity contribution in [3.05, 3.63) is 41.1 Å². The van der Waals surface area contributed by atoms with E-state index in [4.69, 9.17) is 0 Å². The van der Waals surface area contributed by atoms with Gasteiger partial charge in [-0.25, -0.2) is 0 Å². The second-order valence-electron chi connectivity index (χ2n) is 4.25. The van der Waals surface area contributed by atoms with Crippen LogP contribution in [0.15, 0.2) is 24.3 Å². The highest BCUT2D eigenvalue weighted by Gasteiger charge is 2.14. The Bertz CT molecular complexity index is 698. The summed E-state index contributed by atoms with van der Waals surface area (Å²) in [5, 5.41) is 19.8. The number of benzene rings is 1. The third-order valence-corrected chi connectivity index (χ3v) is 2.92. The Labute approximate surface area is 120 Å². The van der Waals surface area contributed by atoms with Gasteiger partial charge in [-0.1, -0.05) is 12.1 Å². The number of hydrogen-bond donors (Lipinski definition) is 1. The molecule has 0 spiro atoms. The molecule has 1 heterocycles. The summed E-state index contributed by atoms with van der Waals surface area (Å²) in [7, 11) is 0. The molecule has 0 aliphatic carbocycles. The highest BCUT2D eigenvalue weighted by molar-refractivity contribution is 5.68. The molecule has 7 heteroatoms. The zero-order chi connectivity index (χ0) is 15.4. The van der Waals surface area contributed by atoms with Crippen LogP contribution in [0.4, 0.5) is 20.3 Å². The van der Waals surface area contributed by atoms with Gasteiger partial charge in [0.25, 0.3) is 0 Å². The van der Waals surface area contributed by atoms with E-state index in [-0.39, 0.29) is 17.3 Å². The van der Waals surface area contributed by atoms with E-state index in [1.165, 1.54) is 6.07 Å². The molecule has 108 valence electrons. The highest BCUT2D eigenvalue weighted by atomic mass is 19.3. The van der Waals surface area contributed by atoms with Crippen LogP contribution in [0, 0.1) is 25.2 Å². The lowest BCUT2D eigenvalue weighted by atomic mass is 10.1. The molecule has 0 radical (unpaired) electrons. The molecule has 2 aromatic rings. The summed E-state index contributed by atoms with van der Waals surface area (Å²) < 4.78 is 29.2. The molecule has 5 nitrogen and oxygen atoms in total. The number of ether oxygens (including phenoxy) is 1. The fraction of sp³-hybridized carbons (Fsp3) is 0.214. The quantitative estimate of drug-likeness (QED) is 0.935. The lowest BCUT2D eigenvalue weighted by Gasteiger charge is -2.13. The molecular formula is C14H12F2N4O. The Morgan fingerprint density at radius 3 is 2.62 bits per heavy atom. The lowest BCUT2D eigenvalue weighted by molar-refractivity contribution is -0.0493. The third kappa shape index (κ3) is 3.23. The predicted molar refractivity (Wildman–Crippen MR) is 72.6 cm³/mol. The van der Waals surface area contributed by atoms with Gasteiger partial charge in [-0.05, 0) is 31.5 Å². The molecular weight excluding hydrogens is 278 g/mol. The summed E-state index contributed by atoms with van der Waals surface area (Å²) in [6, 6.07) is 8.20. The summed E-state index contributed by atoms with van der Waals surface area (Å²) in [6.07, 6.45) is 0. The minimum atomic E-state index is -2.94. The van der Waals surface area contributed by atoms with Gasteiger partial charge in [0.1, 0.15) is 17.4 Å². The van der Waals surface area contributed by atoms with Gasteiger partial charge < -0.3 is 10.1 Å². The molecule has 0 amide bonds. The van der Waals surface area contributed by atoms with Crippen LogP contribution in [0.3, 0.4) is 0 Å². The van der Waals surface area contributed by atoms with Crippen molar-refractivity contribution in [3.63, 3.8) is 0 Å². The van der Waals surface area contributed by atoms with Crippen molar-refractivity contribution in [2.24, 2.45) is 0 Å². The predicted octanol–water partition coefficient (Wildman–Crippen LogP) is 3.31. The van der Waals surface area contributed by atoms with E-state index in [1.807, 2.05) is 6.07 Å². The number of nitriles is 1. The molecule has 1 N–H and O–H groups in total. The van der Waals surface area contributed by atoms with Crippen molar-refractivity contribution in [3.8, 4) is 11.8 Å². The van der Waals surface area contributed by atoms with Gasteiger partial charge in [0, 0.05) is 0 Å². The van der Waals surface area contributed by atoms with Crippen molar-refractivity contribution in [1.29, 1.82) is 5.26 Å². The number of anilines is 2. The Morgan fingerprint density at radius 1 is 1.24 bits per heavy atom. The zero-order valence-electron chi connectivity index (χ0n) is 11.4. The fourth-order valence-electron chi connectivity index (χ4n) is 1.73. The largest absolute Gasteiger partial charge is 0.433 e. The van der Waals surface area contributed by atoms with E-state index in [9.17, 15) is 14.0 Å². The van der Waals surface area contributed by atoms with E-state index < -0.39 is 6.61 Å². The first kappa shape index (κ1) is 14.7. The molecule has 0 fully saturated rings. The van der Waals surface area contributed by atoms with E-state index in [1.54, 1.807) is 32.0 Å². The number of nitrogens with one attached hydrogen (secondary N) is 1. The first-order valence-corrected chi connectivity index (χ1v) is 6.07. The molecule has 1 aromatic heterocycles. The highest BCUT2D eigenvalue weighted by Crippen LogP contribution is 2.29. The number of halogens is 2. The fourth-order valence-corrected chi connectivity index (χ4v) is 1.73. The summed E-state index contributed by atoms with van der Waals surface area (Å²) in [5.74, 6) is 0.169. The van der Waals surface area contributed by atoms with Crippen LogP contribution in [0.2, 0.25) is 0 Å². The maximum Gasteiger partial charge on any atom is 0.387 e. The number of para-hydroxylation sites is 2. The Kier molecular flexibility index (Phi) is 4.28. The topological polar surface area (TPSA) is 70.8 Å². The van der Waals surface area contributed by atoms with Crippen LogP contribution in [0.1, 0.15) is 16.8 Å². The summed E-state index contributed by atoms with van der Waals surface area (Å²) >= 11 is 0. The number of alkyl halides is 2. The number of aromatic nitrogens is 2. The molecule has 0 bridgehead atoms. The van der Waals surface area contributed by atoms with Crippen molar-refractivity contribution in [1.82, 2.24) is 10.2 Å². The number of rotatable bonds is 4. The Balaban J connectivity index is 2.40. The SMILES string of the molecule is Cc1nnc(Nc2ccccc2OC(F)F)c(C#N)c1C. The van der Waals surface area contributed by atoms with Crippen molar-refractivity contribution >= 4 is 11.5 Å². The second-order valence-corrected chi connectivity index (χ2v) is 4.25. The molecule has 0 aliphatic rings. The van der Waals surface area contributed by atoms with E-state index in [2.05, 4.69) is 20.3 Å². The minimum absolute atomic E-state index is 0.0311. The van der Waals surface area contributed by atoms with Crippen LogP contribution in [0.25, 0.3) is 0 Å². The Morgan fingerprint density at radius 2 is 1.95 bits per heavy atom. The van der Waals surface area contributed by atoms with Crippen LogP contribution in [-0.4, -0.2) is 16.8 Å². The normalized spacial score (nSPS) is 10.3. The van der Waals surface area contributed by atoms with Gasteiger partial charge in [0.2, 0.25) is 0 Å². The molecule has 0 saturated heterocycles. The van der Waals surface area contributed by atoms with Crippen LogP contribution in [0.5, 0.6) is 5.75 Å². The van der Waals surface area contributed by atoms with Gasteiger partial charge in [-0.15, -0.1) is 5.10 Å². The minimum Gasteiger partial charge on any atom is -0.433 e. The first-order chi connectivity index (χ1) is 10.0. The van der Waals surface area contributed by atoms with Gasteiger partial charge in [-0.2, -0.15) is 19.1 Å². The molecule has 0 aliphatic heterocycles. The average molecular weight is 290 g/mol. The van der Waals surface area contributed by atoms with Crippen molar-refractivity contribution in [2.75, 3.05) is 5.32 Å². The average Bonchev–Trinajstić information content (AvgIpc) is 2.45. The molecule has 1 aromatic carbocycles. The molecule has 0 atom stereocenters. The second kappa shape index (κ2) is 6.13. The zero-order valence-corrected chi connectivity index (χ0v) is 11.4. The smallest absolute Gasteiger partial charge is 0.387 e.